The third-order valence-electron chi connectivity index (χ3n) is 6.85. The van der Waals surface area contributed by atoms with Crippen molar-refractivity contribution in [3.8, 4) is 0 Å². The summed E-state index contributed by atoms with van der Waals surface area (Å²) in [7, 11) is -3.03. The second kappa shape index (κ2) is 7.67. The predicted octanol–water partition coefficient (Wildman–Crippen LogP) is 1.80. The third kappa shape index (κ3) is 4.09. The van der Waals surface area contributed by atoms with Crippen LogP contribution >= 0.6 is 0 Å². The number of anilines is 2. The third-order valence-corrected chi connectivity index (χ3v) is 9.56. The van der Waals surface area contributed by atoms with Gasteiger partial charge in [-0.05, 0) is 33.1 Å². The first-order valence-corrected chi connectivity index (χ1v) is 12.1. The molecule has 3 saturated heterocycles. The van der Waals surface area contributed by atoms with E-state index in [0.717, 1.165) is 50.8 Å². The molecule has 4 heterocycles. The first-order chi connectivity index (χ1) is 13.7. The molecule has 1 unspecified atom stereocenters. The zero-order valence-corrected chi connectivity index (χ0v) is 18.4. The summed E-state index contributed by atoms with van der Waals surface area (Å²) in [5.74, 6) is 2.68. The van der Waals surface area contributed by atoms with Gasteiger partial charge in [0.2, 0.25) is 0 Å². The number of sulfone groups is 1. The lowest BCUT2D eigenvalue weighted by Crippen LogP contribution is -2.54. The number of morpholine rings is 1. The van der Waals surface area contributed by atoms with Crippen LogP contribution in [0.15, 0.2) is 6.07 Å². The zero-order chi connectivity index (χ0) is 20.7. The van der Waals surface area contributed by atoms with Gasteiger partial charge in [-0.2, -0.15) is 0 Å². The van der Waals surface area contributed by atoms with Crippen LogP contribution in [-0.4, -0.2) is 73.9 Å². The minimum absolute atomic E-state index is 0.0696. The smallest absolute Gasteiger partial charge is 0.155 e. The Labute approximate surface area is 173 Å². The fourth-order valence-corrected chi connectivity index (χ4v) is 6.46. The first-order valence-electron chi connectivity index (χ1n) is 10.5. The quantitative estimate of drug-likeness (QED) is 0.782. The van der Waals surface area contributed by atoms with E-state index >= 15 is 0 Å². The molecule has 0 aromatic carbocycles. The molecular formula is C20H32N4O4S. The van der Waals surface area contributed by atoms with E-state index in [2.05, 4.69) is 20.2 Å². The van der Waals surface area contributed by atoms with Gasteiger partial charge < -0.3 is 19.7 Å². The largest absolute Gasteiger partial charge is 0.381 e. The monoisotopic (exact) mass is 424 g/mol. The van der Waals surface area contributed by atoms with Crippen LogP contribution in [0.3, 0.4) is 0 Å². The van der Waals surface area contributed by atoms with E-state index in [1.54, 1.807) is 0 Å². The minimum Gasteiger partial charge on any atom is -0.381 e. The van der Waals surface area contributed by atoms with Crippen molar-refractivity contribution in [3.63, 3.8) is 0 Å². The maximum atomic E-state index is 12.3. The van der Waals surface area contributed by atoms with Crippen LogP contribution in [0.1, 0.15) is 38.9 Å². The lowest BCUT2D eigenvalue weighted by molar-refractivity contribution is -0.116. The number of hydrogen-bond donors (Lipinski definition) is 1. The standard InChI is InChI=1S/C20H32N4O4S/c1-15-22-17(21-13-16-4-11-29(25,26)19(16,2)3)12-18(23-15)24-7-10-28-20(14-24)5-8-27-9-6-20/h12,16H,4-11,13-14H2,1-3H3,(H,21,22,23). The van der Waals surface area contributed by atoms with Crippen molar-refractivity contribution in [3.05, 3.63) is 11.9 Å². The predicted molar refractivity (Wildman–Crippen MR) is 112 cm³/mol. The average molecular weight is 425 g/mol. The number of ether oxygens (including phenoxy) is 2. The van der Waals surface area contributed by atoms with Gasteiger partial charge in [0, 0.05) is 51.8 Å². The van der Waals surface area contributed by atoms with Gasteiger partial charge in [-0.15, -0.1) is 0 Å². The van der Waals surface area contributed by atoms with Gasteiger partial charge in [-0.1, -0.05) is 0 Å². The van der Waals surface area contributed by atoms with Gasteiger partial charge in [0.15, 0.2) is 9.84 Å². The SMILES string of the molecule is Cc1nc(NCC2CCS(=O)(=O)C2(C)C)cc(N2CCOC3(CCOCC3)C2)n1. The summed E-state index contributed by atoms with van der Waals surface area (Å²) in [4.78, 5) is 11.5. The van der Waals surface area contributed by atoms with E-state index in [-0.39, 0.29) is 17.3 Å². The molecule has 162 valence electrons. The van der Waals surface area contributed by atoms with Gasteiger partial charge in [0.25, 0.3) is 0 Å². The van der Waals surface area contributed by atoms with Crippen molar-refractivity contribution < 1.29 is 17.9 Å². The highest BCUT2D eigenvalue weighted by Crippen LogP contribution is 2.37. The second-order valence-corrected chi connectivity index (χ2v) is 11.7. The van der Waals surface area contributed by atoms with Crippen molar-refractivity contribution in [2.45, 2.75) is 50.4 Å². The second-order valence-electron chi connectivity index (χ2n) is 9.01. The molecule has 9 heteroatoms. The molecule has 1 atom stereocenters. The molecule has 29 heavy (non-hydrogen) atoms. The first kappa shape index (κ1) is 20.8. The Morgan fingerprint density at radius 3 is 2.69 bits per heavy atom. The molecule has 3 aliphatic heterocycles. The Balaban J connectivity index is 1.47. The molecule has 4 rings (SSSR count). The Kier molecular flexibility index (Phi) is 5.50. The number of nitrogens with zero attached hydrogens (tertiary/aromatic N) is 3. The molecule has 0 saturated carbocycles. The van der Waals surface area contributed by atoms with Crippen LogP contribution in [0.2, 0.25) is 0 Å². The maximum Gasteiger partial charge on any atom is 0.155 e. The highest BCUT2D eigenvalue weighted by atomic mass is 32.2. The lowest BCUT2D eigenvalue weighted by Gasteiger charge is -2.45. The van der Waals surface area contributed by atoms with E-state index in [1.165, 1.54) is 0 Å². The topological polar surface area (TPSA) is 93.7 Å². The van der Waals surface area contributed by atoms with Crippen molar-refractivity contribution in [1.82, 2.24) is 9.97 Å². The Bertz CT molecular complexity index is 847. The summed E-state index contributed by atoms with van der Waals surface area (Å²) >= 11 is 0. The molecule has 0 aliphatic carbocycles. The van der Waals surface area contributed by atoms with Gasteiger partial charge in [-0.3, -0.25) is 0 Å². The van der Waals surface area contributed by atoms with Gasteiger partial charge in [0.05, 0.1) is 22.7 Å². The number of nitrogens with one attached hydrogen (secondary N) is 1. The van der Waals surface area contributed by atoms with E-state index in [9.17, 15) is 8.42 Å². The molecule has 1 spiro atoms. The van der Waals surface area contributed by atoms with Crippen molar-refractivity contribution in [2.24, 2.45) is 5.92 Å². The molecule has 0 radical (unpaired) electrons. The van der Waals surface area contributed by atoms with Crippen molar-refractivity contribution >= 4 is 21.5 Å². The van der Waals surface area contributed by atoms with Crippen molar-refractivity contribution in [1.29, 1.82) is 0 Å². The Morgan fingerprint density at radius 2 is 2.00 bits per heavy atom. The number of aryl methyl sites for hydroxylation is 1. The summed E-state index contributed by atoms with van der Waals surface area (Å²) < 4.78 is 35.5. The zero-order valence-electron chi connectivity index (χ0n) is 17.6. The van der Waals surface area contributed by atoms with Gasteiger partial charge in [-0.25, -0.2) is 18.4 Å². The average Bonchev–Trinajstić information content (AvgIpc) is 2.88. The van der Waals surface area contributed by atoms with Crippen molar-refractivity contribution in [2.75, 3.05) is 55.4 Å². The molecule has 1 aromatic rings. The van der Waals surface area contributed by atoms with Crippen LogP contribution in [-0.2, 0) is 19.3 Å². The Hall–Kier alpha value is -1.45. The summed E-state index contributed by atoms with van der Waals surface area (Å²) in [5.41, 5.74) is -0.148. The summed E-state index contributed by atoms with van der Waals surface area (Å²) in [6, 6.07) is 1.97. The fourth-order valence-electron chi connectivity index (χ4n) is 4.63. The number of rotatable bonds is 4. The Morgan fingerprint density at radius 1 is 1.24 bits per heavy atom. The van der Waals surface area contributed by atoms with E-state index < -0.39 is 14.6 Å². The van der Waals surface area contributed by atoms with Crippen LogP contribution < -0.4 is 10.2 Å². The molecular weight excluding hydrogens is 392 g/mol. The van der Waals surface area contributed by atoms with Crippen LogP contribution in [0.5, 0.6) is 0 Å². The van der Waals surface area contributed by atoms with E-state index in [4.69, 9.17) is 9.47 Å². The number of aromatic nitrogens is 2. The maximum absolute atomic E-state index is 12.3. The van der Waals surface area contributed by atoms with E-state index in [1.807, 2.05) is 26.8 Å². The molecule has 3 aliphatic rings. The molecule has 1 N–H and O–H groups in total. The minimum atomic E-state index is -3.03. The molecule has 0 amide bonds. The van der Waals surface area contributed by atoms with Gasteiger partial charge >= 0.3 is 0 Å². The summed E-state index contributed by atoms with van der Waals surface area (Å²) in [6.45, 7) is 9.91. The van der Waals surface area contributed by atoms with E-state index in [0.29, 0.717) is 25.4 Å². The summed E-state index contributed by atoms with van der Waals surface area (Å²) in [5, 5.41) is 3.38. The highest BCUT2D eigenvalue weighted by molar-refractivity contribution is 7.93. The van der Waals surface area contributed by atoms with Crippen LogP contribution in [0.4, 0.5) is 11.6 Å². The van der Waals surface area contributed by atoms with Gasteiger partial charge in [0.1, 0.15) is 17.5 Å². The lowest BCUT2D eigenvalue weighted by atomic mass is 9.92. The number of hydrogen-bond acceptors (Lipinski definition) is 8. The van der Waals surface area contributed by atoms with Crippen LogP contribution in [0.25, 0.3) is 0 Å². The molecule has 8 nitrogen and oxygen atoms in total. The molecule has 3 fully saturated rings. The summed E-state index contributed by atoms with van der Waals surface area (Å²) in [6.07, 6.45) is 2.50. The van der Waals surface area contributed by atoms with Crippen LogP contribution in [0, 0.1) is 12.8 Å². The fraction of sp³-hybridized carbons (Fsp3) is 0.800. The molecule has 1 aromatic heterocycles. The molecule has 0 bridgehead atoms. The highest BCUT2D eigenvalue weighted by Gasteiger charge is 2.47. The normalized spacial score (nSPS) is 27.8.